The quantitative estimate of drug-likeness (QED) is 0.814. The lowest BCUT2D eigenvalue weighted by Crippen LogP contribution is -2.30. The van der Waals surface area contributed by atoms with Gasteiger partial charge in [-0.2, -0.15) is 0 Å². The third kappa shape index (κ3) is 3.66. The predicted octanol–water partition coefficient (Wildman–Crippen LogP) is 1.95. The van der Waals surface area contributed by atoms with Gasteiger partial charge in [-0.25, -0.2) is 0 Å². The van der Waals surface area contributed by atoms with Gasteiger partial charge in [0.1, 0.15) is 0 Å². The second kappa shape index (κ2) is 5.66. The Labute approximate surface area is 97.0 Å². The molecule has 3 nitrogen and oxygen atoms in total. The van der Waals surface area contributed by atoms with Crippen molar-refractivity contribution in [1.82, 2.24) is 5.32 Å². The van der Waals surface area contributed by atoms with Crippen molar-refractivity contribution in [2.45, 2.75) is 32.7 Å². The SMILES string of the molecule is CC(=O)NCC(N)c1ccc(C(C)C)cc1. The normalized spacial score (nSPS) is 12.6. The van der Waals surface area contributed by atoms with Gasteiger partial charge in [0, 0.05) is 19.5 Å². The van der Waals surface area contributed by atoms with Crippen LogP contribution in [0, 0.1) is 0 Å². The summed E-state index contributed by atoms with van der Waals surface area (Å²) in [5.41, 5.74) is 8.31. The molecule has 0 saturated heterocycles. The lowest BCUT2D eigenvalue weighted by molar-refractivity contribution is -0.119. The van der Waals surface area contributed by atoms with Gasteiger partial charge in [0.15, 0.2) is 0 Å². The third-order valence-corrected chi connectivity index (χ3v) is 2.60. The Balaban J connectivity index is 2.62. The van der Waals surface area contributed by atoms with E-state index in [1.54, 1.807) is 0 Å². The fraction of sp³-hybridized carbons (Fsp3) is 0.462. The molecule has 0 bridgehead atoms. The van der Waals surface area contributed by atoms with Gasteiger partial charge in [0.25, 0.3) is 0 Å². The molecule has 0 aliphatic carbocycles. The van der Waals surface area contributed by atoms with Gasteiger partial charge in [0.2, 0.25) is 5.91 Å². The fourth-order valence-corrected chi connectivity index (χ4v) is 1.50. The van der Waals surface area contributed by atoms with Crippen LogP contribution in [0.4, 0.5) is 0 Å². The monoisotopic (exact) mass is 220 g/mol. The number of amides is 1. The van der Waals surface area contributed by atoms with E-state index in [1.165, 1.54) is 12.5 Å². The Morgan fingerprint density at radius 2 is 1.75 bits per heavy atom. The van der Waals surface area contributed by atoms with Crippen LogP contribution in [0.15, 0.2) is 24.3 Å². The Hall–Kier alpha value is -1.35. The summed E-state index contributed by atoms with van der Waals surface area (Å²) >= 11 is 0. The highest BCUT2D eigenvalue weighted by molar-refractivity contribution is 5.72. The maximum absolute atomic E-state index is 10.8. The van der Waals surface area contributed by atoms with E-state index in [2.05, 4.69) is 31.3 Å². The van der Waals surface area contributed by atoms with E-state index in [4.69, 9.17) is 5.73 Å². The molecule has 0 fully saturated rings. The summed E-state index contributed by atoms with van der Waals surface area (Å²) in [6.45, 7) is 6.30. The topological polar surface area (TPSA) is 55.1 Å². The van der Waals surface area contributed by atoms with E-state index in [1.807, 2.05) is 12.1 Å². The third-order valence-electron chi connectivity index (χ3n) is 2.60. The second-order valence-corrected chi connectivity index (χ2v) is 4.36. The summed E-state index contributed by atoms with van der Waals surface area (Å²) in [6.07, 6.45) is 0. The zero-order valence-corrected chi connectivity index (χ0v) is 10.2. The molecule has 0 radical (unpaired) electrons. The first-order valence-corrected chi connectivity index (χ1v) is 5.60. The van der Waals surface area contributed by atoms with Crippen LogP contribution in [0.2, 0.25) is 0 Å². The molecule has 0 aliphatic rings. The lowest BCUT2D eigenvalue weighted by Gasteiger charge is -2.13. The van der Waals surface area contributed by atoms with Gasteiger partial charge in [-0.3, -0.25) is 4.79 Å². The molecule has 1 unspecified atom stereocenters. The number of carbonyl (C=O) groups is 1. The minimum absolute atomic E-state index is 0.0470. The molecule has 1 atom stereocenters. The standard InChI is InChI=1S/C13H20N2O/c1-9(2)11-4-6-12(7-5-11)13(14)8-15-10(3)16/h4-7,9,13H,8,14H2,1-3H3,(H,15,16). The van der Waals surface area contributed by atoms with Gasteiger partial charge in [-0.05, 0) is 17.0 Å². The van der Waals surface area contributed by atoms with Gasteiger partial charge in [0.05, 0.1) is 0 Å². The molecule has 1 amide bonds. The maximum atomic E-state index is 10.8. The second-order valence-electron chi connectivity index (χ2n) is 4.36. The van der Waals surface area contributed by atoms with Gasteiger partial charge in [-0.1, -0.05) is 38.1 Å². The number of benzene rings is 1. The van der Waals surface area contributed by atoms with Crippen molar-refractivity contribution in [3.05, 3.63) is 35.4 Å². The Bertz CT molecular complexity index is 343. The highest BCUT2D eigenvalue weighted by atomic mass is 16.1. The smallest absolute Gasteiger partial charge is 0.216 e. The van der Waals surface area contributed by atoms with Crippen molar-refractivity contribution in [3.63, 3.8) is 0 Å². The van der Waals surface area contributed by atoms with Crippen LogP contribution >= 0.6 is 0 Å². The summed E-state index contributed by atoms with van der Waals surface area (Å²) in [6, 6.07) is 8.11. The van der Waals surface area contributed by atoms with Gasteiger partial charge >= 0.3 is 0 Å². The van der Waals surface area contributed by atoms with E-state index >= 15 is 0 Å². The Morgan fingerprint density at radius 3 is 2.19 bits per heavy atom. The van der Waals surface area contributed by atoms with E-state index in [0.29, 0.717) is 12.5 Å². The highest BCUT2D eigenvalue weighted by Crippen LogP contribution is 2.17. The average molecular weight is 220 g/mol. The molecule has 0 saturated carbocycles. The first-order chi connectivity index (χ1) is 7.50. The van der Waals surface area contributed by atoms with Gasteiger partial charge in [-0.15, -0.1) is 0 Å². The summed E-state index contributed by atoms with van der Waals surface area (Å²) in [5, 5.41) is 2.72. The number of carbonyl (C=O) groups excluding carboxylic acids is 1. The van der Waals surface area contributed by atoms with Crippen molar-refractivity contribution >= 4 is 5.91 Å². The zero-order valence-electron chi connectivity index (χ0n) is 10.2. The predicted molar refractivity (Wildman–Crippen MR) is 66.1 cm³/mol. The first kappa shape index (κ1) is 12.7. The van der Waals surface area contributed by atoms with Crippen LogP contribution in [0.5, 0.6) is 0 Å². The molecular weight excluding hydrogens is 200 g/mol. The number of nitrogens with one attached hydrogen (secondary N) is 1. The minimum atomic E-state index is -0.134. The molecular formula is C13H20N2O. The van der Waals surface area contributed by atoms with E-state index in [0.717, 1.165) is 5.56 Å². The molecule has 16 heavy (non-hydrogen) atoms. The molecule has 0 heterocycles. The molecule has 1 aromatic rings. The zero-order chi connectivity index (χ0) is 12.1. The highest BCUT2D eigenvalue weighted by Gasteiger charge is 2.07. The van der Waals surface area contributed by atoms with Crippen molar-refractivity contribution in [2.24, 2.45) is 5.73 Å². The number of rotatable bonds is 4. The van der Waals surface area contributed by atoms with Crippen molar-refractivity contribution < 1.29 is 4.79 Å². The van der Waals surface area contributed by atoms with Crippen molar-refractivity contribution in [2.75, 3.05) is 6.54 Å². The number of hydrogen-bond donors (Lipinski definition) is 2. The summed E-state index contributed by atoms with van der Waals surface area (Å²) in [7, 11) is 0. The number of hydrogen-bond acceptors (Lipinski definition) is 2. The van der Waals surface area contributed by atoms with Crippen LogP contribution in [0.3, 0.4) is 0 Å². The van der Waals surface area contributed by atoms with E-state index < -0.39 is 0 Å². The Morgan fingerprint density at radius 1 is 1.25 bits per heavy atom. The molecule has 1 aromatic carbocycles. The van der Waals surface area contributed by atoms with Crippen LogP contribution in [-0.4, -0.2) is 12.5 Å². The fourth-order valence-electron chi connectivity index (χ4n) is 1.50. The van der Waals surface area contributed by atoms with Crippen LogP contribution in [0.25, 0.3) is 0 Å². The average Bonchev–Trinajstić information content (AvgIpc) is 2.26. The van der Waals surface area contributed by atoms with Crippen LogP contribution in [-0.2, 0) is 4.79 Å². The van der Waals surface area contributed by atoms with E-state index in [9.17, 15) is 4.79 Å². The van der Waals surface area contributed by atoms with E-state index in [-0.39, 0.29) is 11.9 Å². The summed E-state index contributed by atoms with van der Waals surface area (Å²) in [5.74, 6) is 0.481. The number of nitrogens with two attached hydrogens (primary N) is 1. The van der Waals surface area contributed by atoms with Crippen molar-refractivity contribution in [3.8, 4) is 0 Å². The van der Waals surface area contributed by atoms with Crippen LogP contribution < -0.4 is 11.1 Å². The molecule has 0 aliphatic heterocycles. The molecule has 0 aromatic heterocycles. The minimum Gasteiger partial charge on any atom is -0.354 e. The first-order valence-electron chi connectivity index (χ1n) is 5.60. The van der Waals surface area contributed by atoms with Crippen LogP contribution in [0.1, 0.15) is 43.9 Å². The summed E-state index contributed by atoms with van der Waals surface area (Å²) in [4.78, 5) is 10.8. The molecule has 3 N–H and O–H groups in total. The summed E-state index contributed by atoms with van der Waals surface area (Å²) < 4.78 is 0. The molecule has 1 rings (SSSR count). The Kier molecular flexibility index (Phi) is 4.50. The molecule has 3 heteroatoms. The van der Waals surface area contributed by atoms with Gasteiger partial charge < -0.3 is 11.1 Å². The lowest BCUT2D eigenvalue weighted by atomic mass is 9.99. The molecule has 88 valence electrons. The van der Waals surface area contributed by atoms with Crippen molar-refractivity contribution in [1.29, 1.82) is 0 Å². The maximum Gasteiger partial charge on any atom is 0.216 e. The largest absolute Gasteiger partial charge is 0.354 e. The molecule has 0 spiro atoms.